The van der Waals surface area contributed by atoms with Crippen molar-refractivity contribution in [1.29, 1.82) is 0 Å². The van der Waals surface area contributed by atoms with Gasteiger partial charge in [-0.05, 0) is 42.9 Å². The fraction of sp³-hybridized carbons (Fsp3) is 0.300. The molecule has 29 heavy (non-hydrogen) atoms. The second-order valence-corrected chi connectivity index (χ2v) is 6.03. The van der Waals surface area contributed by atoms with Gasteiger partial charge < -0.3 is 20.2 Å². The van der Waals surface area contributed by atoms with Crippen LogP contribution in [0, 0.1) is 0 Å². The van der Waals surface area contributed by atoms with E-state index in [0.717, 1.165) is 48.7 Å². The maximum Gasteiger partial charge on any atom is 2.00 e. The quantitative estimate of drug-likeness (QED) is 0.388. The van der Waals surface area contributed by atoms with Gasteiger partial charge in [0, 0.05) is 18.2 Å². The topological polar surface area (TPSA) is 106 Å². The molecule has 0 bridgehead atoms. The van der Waals surface area contributed by atoms with Gasteiger partial charge in [0.15, 0.2) is 0 Å². The van der Waals surface area contributed by atoms with Crippen LogP contribution in [0.5, 0.6) is 0 Å². The second kappa shape index (κ2) is 11.9. The molecule has 0 aliphatic heterocycles. The van der Waals surface area contributed by atoms with Crippen molar-refractivity contribution in [3.63, 3.8) is 0 Å². The molecule has 0 spiro atoms. The summed E-state index contributed by atoms with van der Waals surface area (Å²) in [5, 5.41) is 15.9. The largest absolute Gasteiger partial charge is 2.00 e. The molecule has 9 heteroatoms. The molecule has 0 radical (unpaired) electrons. The zero-order valence-corrected chi connectivity index (χ0v) is 17.9. The van der Waals surface area contributed by atoms with Crippen molar-refractivity contribution < 1.29 is 20.4 Å². The van der Waals surface area contributed by atoms with E-state index >= 15 is 0 Å². The van der Waals surface area contributed by atoms with Crippen LogP contribution in [0.3, 0.4) is 0 Å². The second-order valence-electron chi connectivity index (χ2n) is 6.03. The van der Waals surface area contributed by atoms with Crippen LogP contribution in [0.25, 0.3) is 23.0 Å². The molecule has 0 aliphatic carbocycles. The third-order valence-electron chi connectivity index (χ3n) is 3.73. The van der Waals surface area contributed by atoms with Crippen molar-refractivity contribution in [3.8, 4) is 23.0 Å². The van der Waals surface area contributed by atoms with Crippen molar-refractivity contribution in [3.05, 3.63) is 60.4 Å². The van der Waals surface area contributed by atoms with Crippen LogP contribution in [-0.2, 0) is 33.3 Å². The number of aryl methyl sites for hydroxylation is 2. The van der Waals surface area contributed by atoms with E-state index in [9.17, 15) is 0 Å². The molecule has 0 aliphatic rings. The third-order valence-corrected chi connectivity index (χ3v) is 3.73. The fourth-order valence-corrected chi connectivity index (χ4v) is 2.41. The van der Waals surface area contributed by atoms with Crippen molar-refractivity contribution in [2.75, 3.05) is 0 Å². The molecule has 4 aromatic heterocycles. The van der Waals surface area contributed by atoms with Gasteiger partial charge >= 0.3 is 20.4 Å². The van der Waals surface area contributed by atoms with Crippen LogP contribution in [0.1, 0.15) is 38.3 Å². The summed E-state index contributed by atoms with van der Waals surface area (Å²) < 4.78 is 0. The minimum Gasteiger partial charge on any atom is -0.421 e. The van der Waals surface area contributed by atoms with Gasteiger partial charge in [0.05, 0.1) is 17.2 Å². The van der Waals surface area contributed by atoms with E-state index in [2.05, 4.69) is 54.2 Å². The summed E-state index contributed by atoms with van der Waals surface area (Å²) in [6, 6.07) is 11.3. The Kier molecular flexibility index (Phi) is 9.28. The van der Waals surface area contributed by atoms with Gasteiger partial charge in [-0.1, -0.05) is 44.6 Å². The molecule has 4 heterocycles. The van der Waals surface area contributed by atoms with Crippen LogP contribution in [0.4, 0.5) is 0 Å². The summed E-state index contributed by atoms with van der Waals surface area (Å²) in [4.78, 5) is 16.9. The minimum atomic E-state index is 0. The molecule has 0 saturated carbocycles. The fourth-order valence-electron chi connectivity index (χ4n) is 2.41. The predicted molar refractivity (Wildman–Crippen MR) is 105 cm³/mol. The number of pyridine rings is 2. The first kappa shape index (κ1) is 22.5. The molecule has 0 atom stereocenters. The van der Waals surface area contributed by atoms with E-state index in [1.165, 1.54) is 0 Å². The van der Waals surface area contributed by atoms with Gasteiger partial charge in [-0.3, -0.25) is 20.2 Å². The third kappa shape index (κ3) is 6.66. The molecule has 8 nitrogen and oxygen atoms in total. The average molecular weight is 481 g/mol. The Bertz CT molecular complexity index is 873. The molecule has 0 amide bonds. The smallest absolute Gasteiger partial charge is 0.421 e. The molecular formula is C20H22N8Pd. The first-order valence-electron chi connectivity index (χ1n) is 9.35. The molecule has 0 fully saturated rings. The van der Waals surface area contributed by atoms with E-state index in [4.69, 9.17) is 0 Å². The molecule has 4 aromatic rings. The standard InChI is InChI=1S/2C10H11N4.Pd/c2*1-2-5-9-12-10(14-13-9)8-6-3-4-7-11-8;/h2*3-4,6-7H,2,5H2,1H3;/q2*-1;+2. The van der Waals surface area contributed by atoms with Crippen LogP contribution in [0.2, 0.25) is 0 Å². The SMILES string of the molecule is CCCc1n[n-]c(-c2ccccn2)n1.CCCc1nc(-c2ccccn2)n[n-]1.[Pd+2]. The Morgan fingerprint density at radius 3 is 2.07 bits per heavy atom. The van der Waals surface area contributed by atoms with E-state index in [0.29, 0.717) is 11.6 Å². The zero-order chi connectivity index (χ0) is 19.6. The van der Waals surface area contributed by atoms with Crippen molar-refractivity contribution in [2.45, 2.75) is 39.5 Å². The van der Waals surface area contributed by atoms with Gasteiger partial charge in [0.25, 0.3) is 0 Å². The maximum absolute atomic E-state index is 4.29. The zero-order valence-electron chi connectivity index (χ0n) is 16.3. The Morgan fingerprint density at radius 2 is 1.45 bits per heavy atom. The Balaban J connectivity index is 0.000000200. The minimum absolute atomic E-state index is 0. The maximum atomic E-state index is 4.29. The van der Waals surface area contributed by atoms with Gasteiger partial charge in [-0.2, -0.15) is 0 Å². The monoisotopic (exact) mass is 480 g/mol. The summed E-state index contributed by atoms with van der Waals surface area (Å²) in [7, 11) is 0. The van der Waals surface area contributed by atoms with Gasteiger partial charge in [-0.15, -0.1) is 0 Å². The van der Waals surface area contributed by atoms with E-state index in [-0.39, 0.29) is 20.4 Å². The summed E-state index contributed by atoms with van der Waals surface area (Å²) in [6.07, 6.45) is 7.27. The van der Waals surface area contributed by atoms with Gasteiger partial charge in [-0.25, -0.2) is 0 Å². The van der Waals surface area contributed by atoms with Crippen LogP contribution >= 0.6 is 0 Å². The summed E-state index contributed by atoms with van der Waals surface area (Å²) in [5.74, 6) is 2.84. The van der Waals surface area contributed by atoms with E-state index in [1.807, 2.05) is 36.4 Å². The van der Waals surface area contributed by atoms with Crippen LogP contribution in [-0.4, -0.2) is 30.1 Å². The van der Waals surface area contributed by atoms with E-state index < -0.39 is 0 Å². The van der Waals surface area contributed by atoms with Crippen LogP contribution in [0.15, 0.2) is 48.8 Å². The number of hydrogen-bond acceptors (Lipinski definition) is 6. The summed E-state index contributed by atoms with van der Waals surface area (Å²) in [5.41, 5.74) is 1.56. The average Bonchev–Trinajstić information content (AvgIpc) is 3.41. The molecule has 4 rings (SSSR count). The van der Waals surface area contributed by atoms with Crippen molar-refractivity contribution in [1.82, 2.24) is 40.3 Å². The number of rotatable bonds is 6. The Hall–Kier alpha value is -2.76. The Labute approximate surface area is 183 Å². The summed E-state index contributed by atoms with van der Waals surface area (Å²) in [6.45, 7) is 4.19. The molecule has 0 N–H and O–H groups in total. The molecule has 0 saturated heterocycles. The van der Waals surface area contributed by atoms with Crippen LogP contribution < -0.4 is 10.2 Å². The van der Waals surface area contributed by atoms with Crippen molar-refractivity contribution in [2.24, 2.45) is 0 Å². The molecule has 152 valence electrons. The normalized spacial score (nSPS) is 10.0. The summed E-state index contributed by atoms with van der Waals surface area (Å²) >= 11 is 0. The molecular weight excluding hydrogens is 459 g/mol. The number of hydrogen-bond donors (Lipinski definition) is 0. The Morgan fingerprint density at radius 1 is 0.759 bits per heavy atom. The first-order chi connectivity index (χ1) is 13.8. The molecule has 0 unspecified atom stereocenters. The van der Waals surface area contributed by atoms with Crippen molar-refractivity contribution >= 4 is 0 Å². The predicted octanol–water partition coefficient (Wildman–Crippen LogP) is 2.89. The van der Waals surface area contributed by atoms with E-state index in [1.54, 1.807) is 12.4 Å². The first-order valence-corrected chi connectivity index (χ1v) is 9.35. The molecule has 0 aromatic carbocycles. The van der Waals surface area contributed by atoms with Gasteiger partial charge in [0.2, 0.25) is 0 Å². The number of aromatic nitrogens is 8. The number of nitrogens with zero attached hydrogens (tertiary/aromatic N) is 8. The van der Waals surface area contributed by atoms with Gasteiger partial charge in [0.1, 0.15) is 0 Å².